The maximum Gasteiger partial charge on any atom is 0.281 e. The first-order valence-electron chi connectivity index (χ1n) is 5.43. The van der Waals surface area contributed by atoms with Gasteiger partial charge < -0.3 is 0 Å². The largest absolute Gasteiger partial charge is 0.281 e. The summed E-state index contributed by atoms with van der Waals surface area (Å²) >= 11 is 5.70. The van der Waals surface area contributed by atoms with Crippen LogP contribution in [-0.4, -0.2) is 56.0 Å². The zero-order valence-electron chi connectivity index (χ0n) is 9.65. The Labute approximate surface area is 106 Å². The number of nitrogens with zero attached hydrogens (tertiary/aromatic N) is 2. The molecule has 0 aromatic rings. The van der Waals surface area contributed by atoms with Crippen molar-refractivity contribution in [3.63, 3.8) is 0 Å². The molecule has 0 saturated carbocycles. The maximum absolute atomic E-state index is 12.2. The van der Waals surface area contributed by atoms with Crippen LogP contribution >= 0.6 is 11.6 Å². The Balaban J connectivity index is 2.59. The molecule has 0 unspecified atom stereocenters. The Bertz CT molecular complexity index is 332. The first-order valence-corrected chi connectivity index (χ1v) is 7.36. The molecule has 0 amide bonds. The monoisotopic (exact) mass is 290 g/mol. The SMILES string of the molecule is CN(CC(F)F)S(=O)(=O)N1CCC(CCl)CC1. The summed E-state index contributed by atoms with van der Waals surface area (Å²) in [5.74, 6) is 0.837. The summed E-state index contributed by atoms with van der Waals surface area (Å²) < 4.78 is 50.1. The van der Waals surface area contributed by atoms with Crippen molar-refractivity contribution in [2.75, 3.05) is 32.6 Å². The zero-order valence-corrected chi connectivity index (χ0v) is 11.2. The number of piperidine rings is 1. The van der Waals surface area contributed by atoms with Crippen molar-refractivity contribution in [1.29, 1.82) is 0 Å². The lowest BCUT2D eigenvalue weighted by molar-refractivity contribution is 0.123. The topological polar surface area (TPSA) is 40.6 Å². The van der Waals surface area contributed by atoms with Gasteiger partial charge in [-0.1, -0.05) is 0 Å². The molecule has 0 aromatic carbocycles. The number of hydrogen-bond acceptors (Lipinski definition) is 2. The molecular weight excluding hydrogens is 274 g/mol. The predicted molar refractivity (Wildman–Crippen MR) is 62.6 cm³/mol. The second-order valence-corrected chi connectivity index (χ2v) is 6.52. The first kappa shape index (κ1) is 15.1. The average molecular weight is 291 g/mol. The van der Waals surface area contributed by atoms with E-state index in [0.717, 1.165) is 0 Å². The van der Waals surface area contributed by atoms with E-state index in [-0.39, 0.29) is 0 Å². The molecule has 0 aliphatic carbocycles. The molecule has 1 heterocycles. The highest BCUT2D eigenvalue weighted by Gasteiger charge is 2.31. The van der Waals surface area contributed by atoms with Crippen LogP contribution < -0.4 is 0 Å². The minimum absolute atomic E-state index is 0.323. The molecule has 4 nitrogen and oxygen atoms in total. The van der Waals surface area contributed by atoms with Gasteiger partial charge in [-0.15, -0.1) is 11.6 Å². The minimum atomic E-state index is -3.75. The van der Waals surface area contributed by atoms with Crippen molar-refractivity contribution in [3.8, 4) is 0 Å². The van der Waals surface area contributed by atoms with E-state index < -0.39 is 23.2 Å². The Morgan fingerprint density at radius 1 is 1.41 bits per heavy atom. The van der Waals surface area contributed by atoms with Crippen LogP contribution in [-0.2, 0) is 10.2 Å². The van der Waals surface area contributed by atoms with Gasteiger partial charge in [-0.05, 0) is 18.8 Å². The third-order valence-electron chi connectivity index (χ3n) is 2.91. The van der Waals surface area contributed by atoms with Gasteiger partial charge in [0, 0.05) is 26.0 Å². The molecule has 1 rings (SSSR count). The summed E-state index contributed by atoms with van der Waals surface area (Å²) in [6, 6.07) is 0. The normalized spacial score (nSPS) is 20.4. The average Bonchev–Trinajstić information content (AvgIpc) is 2.28. The van der Waals surface area contributed by atoms with Crippen LogP contribution in [0.4, 0.5) is 8.78 Å². The van der Waals surface area contributed by atoms with Crippen molar-refractivity contribution in [3.05, 3.63) is 0 Å². The van der Waals surface area contributed by atoms with Crippen LogP contribution in [0.5, 0.6) is 0 Å². The molecular formula is C9H17ClF2N2O2S. The molecule has 1 aliphatic heterocycles. The van der Waals surface area contributed by atoms with E-state index in [2.05, 4.69) is 0 Å². The summed E-state index contributed by atoms with van der Waals surface area (Å²) in [7, 11) is -2.57. The van der Waals surface area contributed by atoms with Crippen molar-refractivity contribution in [2.24, 2.45) is 5.92 Å². The molecule has 1 aliphatic rings. The quantitative estimate of drug-likeness (QED) is 0.718. The van der Waals surface area contributed by atoms with Crippen LogP contribution in [0.2, 0.25) is 0 Å². The van der Waals surface area contributed by atoms with E-state index in [1.807, 2.05) is 0 Å². The van der Waals surface area contributed by atoms with E-state index in [4.69, 9.17) is 11.6 Å². The Kier molecular flexibility index (Phi) is 5.56. The van der Waals surface area contributed by atoms with Gasteiger partial charge in [0.1, 0.15) is 0 Å². The Morgan fingerprint density at radius 3 is 2.35 bits per heavy atom. The molecule has 17 heavy (non-hydrogen) atoms. The van der Waals surface area contributed by atoms with Gasteiger partial charge in [-0.2, -0.15) is 17.0 Å². The zero-order chi connectivity index (χ0) is 13.1. The molecule has 0 aromatic heterocycles. The van der Waals surface area contributed by atoms with E-state index in [1.165, 1.54) is 11.4 Å². The molecule has 0 spiro atoms. The van der Waals surface area contributed by atoms with Gasteiger partial charge in [0.15, 0.2) is 0 Å². The standard InChI is InChI=1S/C9H17ClF2N2O2S/c1-13(7-9(11)12)17(15,16)14-4-2-8(6-10)3-5-14/h8-9H,2-7H2,1H3. The molecule has 1 fully saturated rings. The lowest BCUT2D eigenvalue weighted by Gasteiger charge is -2.32. The highest BCUT2D eigenvalue weighted by atomic mass is 35.5. The fraction of sp³-hybridized carbons (Fsp3) is 1.00. The molecule has 0 N–H and O–H groups in total. The van der Waals surface area contributed by atoms with Crippen LogP contribution in [0.15, 0.2) is 0 Å². The van der Waals surface area contributed by atoms with Gasteiger partial charge in [0.25, 0.3) is 16.6 Å². The van der Waals surface area contributed by atoms with Crippen LogP contribution in [0.3, 0.4) is 0 Å². The highest BCUT2D eigenvalue weighted by Crippen LogP contribution is 2.21. The number of alkyl halides is 3. The van der Waals surface area contributed by atoms with Gasteiger partial charge in [0.05, 0.1) is 6.54 Å². The summed E-state index contributed by atoms with van der Waals surface area (Å²) in [5, 5.41) is 0. The molecule has 0 bridgehead atoms. The molecule has 0 radical (unpaired) electrons. The van der Waals surface area contributed by atoms with Crippen molar-refractivity contribution >= 4 is 21.8 Å². The second kappa shape index (κ2) is 6.26. The summed E-state index contributed by atoms with van der Waals surface area (Å²) in [6.07, 6.45) is -1.29. The summed E-state index contributed by atoms with van der Waals surface area (Å²) in [4.78, 5) is 0. The molecule has 8 heteroatoms. The predicted octanol–water partition coefficient (Wildman–Crippen LogP) is 1.38. The maximum atomic E-state index is 12.2. The second-order valence-electron chi connectivity index (χ2n) is 4.18. The molecule has 1 saturated heterocycles. The summed E-state index contributed by atoms with van der Waals surface area (Å²) in [6.45, 7) is -0.0572. The van der Waals surface area contributed by atoms with Crippen molar-refractivity contribution in [2.45, 2.75) is 19.3 Å². The van der Waals surface area contributed by atoms with Crippen LogP contribution in [0, 0.1) is 5.92 Å². The first-order chi connectivity index (χ1) is 7.87. The van der Waals surface area contributed by atoms with Crippen molar-refractivity contribution in [1.82, 2.24) is 8.61 Å². The van der Waals surface area contributed by atoms with Gasteiger partial charge in [-0.3, -0.25) is 0 Å². The number of halogens is 3. The number of hydrogen-bond donors (Lipinski definition) is 0. The Morgan fingerprint density at radius 2 is 1.94 bits per heavy atom. The van der Waals surface area contributed by atoms with Gasteiger partial charge in [0.2, 0.25) is 0 Å². The van der Waals surface area contributed by atoms with Gasteiger partial charge in [-0.25, -0.2) is 8.78 Å². The molecule has 102 valence electrons. The fourth-order valence-corrected chi connectivity index (χ4v) is 3.46. The number of rotatable bonds is 5. The third-order valence-corrected chi connectivity index (χ3v) is 5.30. The summed E-state index contributed by atoms with van der Waals surface area (Å²) in [5.41, 5.74) is 0. The van der Waals surface area contributed by atoms with Gasteiger partial charge >= 0.3 is 0 Å². The molecule has 0 atom stereocenters. The Hall–Kier alpha value is 0.0200. The van der Waals surface area contributed by atoms with Crippen LogP contribution in [0.25, 0.3) is 0 Å². The third kappa shape index (κ3) is 4.01. The highest BCUT2D eigenvalue weighted by molar-refractivity contribution is 7.86. The lowest BCUT2D eigenvalue weighted by atomic mass is 10.0. The van der Waals surface area contributed by atoms with E-state index in [9.17, 15) is 17.2 Å². The van der Waals surface area contributed by atoms with Crippen molar-refractivity contribution < 1.29 is 17.2 Å². The van der Waals surface area contributed by atoms with E-state index in [0.29, 0.717) is 42.0 Å². The van der Waals surface area contributed by atoms with Crippen LogP contribution in [0.1, 0.15) is 12.8 Å². The minimum Gasteiger partial charge on any atom is -0.209 e. The smallest absolute Gasteiger partial charge is 0.209 e. The van der Waals surface area contributed by atoms with E-state index in [1.54, 1.807) is 0 Å². The van der Waals surface area contributed by atoms with E-state index >= 15 is 0 Å². The lowest BCUT2D eigenvalue weighted by Crippen LogP contribution is -2.47. The fourth-order valence-electron chi connectivity index (χ4n) is 1.78.